The van der Waals surface area contributed by atoms with Gasteiger partial charge in [-0.05, 0) is 43.3 Å². The number of aromatic nitrogens is 3. The van der Waals surface area contributed by atoms with Gasteiger partial charge in [0.25, 0.3) is 0 Å². The lowest BCUT2D eigenvalue weighted by atomic mass is 10.1. The predicted octanol–water partition coefficient (Wildman–Crippen LogP) is 4.30. The summed E-state index contributed by atoms with van der Waals surface area (Å²) in [5.41, 5.74) is 1.38. The van der Waals surface area contributed by atoms with Gasteiger partial charge in [-0.25, -0.2) is 0 Å². The maximum atomic E-state index is 12.8. The summed E-state index contributed by atoms with van der Waals surface area (Å²) in [6.45, 7) is 1.83. The minimum Gasteiger partial charge on any atom is -0.493 e. The Hall–Kier alpha value is -2.51. The first-order chi connectivity index (χ1) is 13.0. The second-order valence-corrected chi connectivity index (χ2v) is 7.40. The predicted molar refractivity (Wildman–Crippen MR) is 106 cm³/mol. The summed E-state index contributed by atoms with van der Waals surface area (Å²) in [5.74, 6) is 1.05. The van der Waals surface area contributed by atoms with Gasteiger partial charge in [-0.15, -0.1) is 10.2 Å². The number of carbonyl (C=O) groups is 1. The molecule has 3 rings (SSSR count). The van der Waals surface area contributed by atoms with E-state index in [0.29, 0.717) is 27.2 Å². The Kier molecular flexibility index (Phi) is 6.03. The standard InChI is InChI=1S/C19H18ClN3O3S/c1-12(18(24)13-7-8-16(25-2)17(9-13)26-3)27-19-22-21-11-23(19)15-6-4-5-14(20)10-15/h4-12H,1-3H3. The van der Waals surface area contributed by atoms with Crippen LogP contribution in [0.3, 0.4) is 0 Å². The summed E-state index contributed by atoms with van der Waals surface area (Å²) in [5, 5.41) is 8.96. The summed E-state index contributed by atoms with van der Waals surface area (Å²) in [7, 11) is 3.10. The minimum absolute atomic E-state index is 0.0402. The van der Waals surface area contributed by atoms with E-state index in [1.54, 1.807) is 42.3 Å². The van der Waals surface area contributed by atoms with Crippen LogP contribution in [0.1, 0.15) is 17.3 Å². The van der Waals surface area contributed by atoms with Crippen molar-refractivity contribution in [2.24, 2.45) is 0 Å². The second kappa shape index (κ2) is 8.45. The number of carbonyl (C=O) groups excluding carboxylic acids is 1. The Balaban J connectivity index is 1.81. The van der Waals surface area contributed by atoms with Gasteiger partial charge in [0.15, 0.2) is 22.4 Å². The van der Waals surface area contributed by atoms with E-state index in [1.165, 1.54) is 18.9 Å². The van der Waals surface area contributed by atoms with E-state index >= 15 is 0 Å². The number of ether oxygens (including phenoxy) is 2. The molecule has 0 aliphatic carbocycles. The first kappa shape index (κ1) is 19.3. The van der Waals surface area contributed by atoms with Gasteiger partial charge in [-0.3, -0.25) is 9.36 Å². The molecule has 2 aromatic carbocycles. The third-order valence-corrected chi connectivity index (χ3v) is 5.21. The number of rotatable bonds is 7. The Morgan fingerprint density at radius 3 is 2.63 bits per heavy atom. The fourth-order valence-corrected chi connectivity index (χ4v) is 3.65. The van der Waals surface area contributed by atoms with Crippen molar-refractivity contribution in [2.45, 2.75) is 17.3 Å². The maximum Gasteiger partial charge on any atom is 0.196 e. The van der Waals surface area contributed by atoms with Gasteiger partial charge in [0, 0.05) is 10.6 Å². The van der Waals surface area contributed by atoms with Crippen LogP contribution >= 0.6 is 23.4 Å². The molecule has 0 radical (unpaired) electrons. The maximum absolute atomic E-state index is 12.8. The fourth-order valence-electron chi connectivity index (χ4n) is 2.54. The van der Waals surface area contributed by atoms with E-state index in [-0.39, 0.29) is 11.0 Å². The van der Waals surface area contributed by atoms with Gasteiger partial charge < -0.3 is 9.47 Å². The highest BCUT2D eigenvalue weighted by atomic mass is 35.5. The van der Waals surface area contributed by atoms with Crippen molar-refractivity contribution in [3.05, 3.63) is 59.4 Å². The molecule has 0 aliphatic rings. The highest BCUT2D eigenvalue weighted by Gasteiger charge is 2.21. The Morgan fingerprint density at radius 2 is 1.93 bits per heavy atom. The number of methoxy groups -OCH3 is 2. The molecule has 0 amide bonds. The molecule has 1 unspecified atom stereocenters. The van der Waals surface area contributed by atoms with Gasteiger partial charge in [-0.2, -0.15) is 0 Å². The molecule has 0 N–H and O–H groups in total. The summed E-state index contributed by atoms with van der Waals surface area (Å²) in [6.07, 6.45) is 1.60. The van der Waals surface area contributed by atoms with Gasteiger partial charge in [0.2, 0.25) is 0 Å². The third kappa shape index (κ3) is 4.26. The molecule has 1 heterocycles. The van der Waals surface area contributed by atoms with E-state index in [2.05, 4.69) is 10.2 Å². The molecule has 8 heteroatoms. The van der Waals surface area contributed by atoms with Crippen molar-refractivity contribution in [2.75, 3.05) is 14.2 Å². The zero-order valence-electron chi connectivity index (χ0n) is 15.0. The first-order valence-electron chi connectivity index (χ1n) is 8.12. The monoisotopic (exact) mass is 403 g/mol. The number of benzene rings is 2. The van der Waals surface area contributed by atoms with Crippen molar-refractivity contribution in [1.82, 2.24) is 14.8 Å². The fraction of sp³-hybridized carbons (Fsp3) is 0.211. The van der Waals surface area contributed by atoms with E-state index < -0.39 is 0 Å². The normalized spacial score (nSPS) is 11.9. The molecular formula is C19H18ClN3O3S. The number of hydrogen-bond acceptors (Lipinski definition) is 6. The molecular weight excluding hydrogens is 386 g/mol. The highest BCUT2D eigenvalue weighted by molar-refractivity contribution is 8.00. The summed E-state index contributed by atoms with van der Waals surface area (Å²) in [4.78, 5) is 12.8. The Morgan fingerprint density at radius 1 is 1.15 bits per heavy atom. The van der Waals surface area contributed by atoms with E-state index in [9.17, 15) is 4.79 Å². The van der Waals surface area contributed by atoms with Crippen LogP contribution in [0, 0.1) is 0 Å². The molecule has 0 saturated heterocycles. The molecule has 1 atom stereocenters. The summed E-state index contributed by atoms with van der Waals surface area (Å²) >= 11 is 7.39. The van der Waals surface area contributed by atoms with Crippen LogP contribution in [0.5, 0.6) is 11.5 Å². The van der Waals surface area contributed by atoms with Crippen molar-refractivity contribution < 1.29 is 14.3 Å². The quantitative estimate of drug-likeness (QED) is 0.432. The largest absolute Gasteiger partial charge is 0.493 e. The molecule has 0 aliphatic heterocycles. The van der Waals surface area contributed by atoms with Crippen LogP contribution in [-0.2, 0) is 0 Å². The number of halogens is 1. The van der Waals surface area contributed by atoms with E-state index in [1.807, 2.05) is 25.1 Å². The van der Waals surface area contributed by atoms with Crippen molar-refractivity contribution in [1.29, 1.82) is 0 Å². The highest BCUT2D eigenvalue weighted by Crippen LogP contribution is 2.31. The Bertz CT molecular complexity index is 961. The minimum atomic E-state index is -0.370. The second-order valence-electron chi connectivity index (χ2n) is 5.66. The lowest BCUT2D eigenvalue weighted by Crippen LogP contribution is -2.14. The van der Waals surface area contributed by atoms with Crippen molar-refractivity contribution >= 4 is 29.1 Å². The molecule has 1 aromatic heterocycles. The first-order valence-corrected chi connectivity index (χ1v) is 9.38. The average molecular weight is 404 g/mol. The number of hydrogen-bond donors (Lipinski definition) is 0. The van der Waals surface area contributed by atoms with E-state index in [4.69, 9.17) is 21.1 Å². The molecule has 6 nitrogen and oxygen atoms in total. The summed E-state index contributed by atoms with van der Waals surface area (Å²) in [6, 6.07) is 12.5. The van der Waals surface area contributed by atoms with Crippen LogP contribution in [0.25, 0.3) is 5.69 Å². The Labute approximate surface area is 166 Å². The molecule has 3 aromatic rings. The number of thioether (sulfide) groups is 1. The zero-order valence-corrected chi connectivity index (χ0v) is 16.6. The lowest BCUT2D eigenvalue weighted by Gasteiger charge is -2.13. The summed E-state index contributed by atoms with van der Waals surface area (Å²) < 4.78 is 12.3. The smallest absolute Gasteiger partial charge is 0.196 e. The van der Waals surface area contributed by atoms with Gasteiger partial charge in [0.1, 0.15) is 6.33 Å². The molecule has 27 heavy (non-hydrogen) atoms. The molecule has 0 saturated carbocycles. The van der Waals surface area contributed by atoms with Gasteiger partial charge in [-0.1, -0.05) is 29.4 Å². The lowest BCUT2D eigenvalue weighted by molar-refractivity contribution is 0.0993. The van der Waals surface area contributed by atoms with Gasteiger partial charge >= 0.3 is 0 Å². The SMILES string of the molecule is COc1ccc(C(=O)C(C)Sc2nncn2-c2cccc(Cl)c2)cc1OC. The van der Waals surface area contributed by atoms with Gasteiger partial charge in [0.05, 0.1) is 25.2 Å². The molecule has 140 valence electrons. The van der Waals surface area contributed by atoms with Crippen LogP contribution in [0.4, 0.5) is 0 Å². The van der Waals surface area contributed by atoms with Crippen molar-refractivity contribution in [3.8, 4) is 17.2 Å². The number of Topliss-reactive ketones (excluding diaryl/α,β-unsaturated/α-hetero) is 1. The van der Waals surface area contributed by atoms with Crippen molar-refractivity contribution in [3.63, 3.8) is 0 Å². The average Bonchev–Trinajstić information content (AvgIpc) is 3.14. The molecule has 0 fully saturated rings. The number of nitrogens with zero attached hydrogens (tertiary/aromatic N) is 3. The third-order valence-electron chi connectivity index (χ3n) is 3.92. The molecule has 0 spiro atoms. The van der Waals surface area contributed by atoms with E-state index in [0.717, 1.165) is 5.69 Å². The van der Waals surface area contributed by atoms with Crippen LogP contribution in [0.15, 0.2) is 53.9 Å². The number of ketones is 1. The van der Waals surface area contributed by atoms with Crippen LogP contribution in [-0.4, -0.2) is 40.0 Å². The topological polar surface area (TPSA) is 66.2 Å². The van der Waals surface area contributed by atoms with Crippen LogP contribution < -0.4 is 9.47 Å². The molecule has 0 bridgehead atoms. The van der Waals surface area contributed by atoms with Crippen LogP contribution in [0.2, 0.25) is 5.02 Å². The zero-order chi connectivity index (χ0) is 19.4.